The third-order valence-corrected chi connectivity index (χ3v) is 3.54. The molecule has 1 heterocycles. The van der Waals surface area contributed by atoms with Gasteiger partial charge in [0, 0.05) is 31.5 Å². The lowest BCUT2D eigenvalue weighted by Crippen LogP contribution is -2.43. The number of nitrogens with zero attached hydrogens (tertiary/aromatic N) is 2. The van der Waals surface area contributed by atoms with Crippen LogP contribution in [0.25, 0.3) is 0 Å². The molecule has 0 spiro atoms. The molecular weight excluding hydrogens is 266 g/mol. The summed E-state index contributed by atoms with van der Waals surface area (Å²) < 4.78 is 26.3. The first-order valence-electron chi connectivity index (χ1n) is 6.43. The second kappa shape index (κ2) is 5.98. The van der Waals surface area contributed by atoms with Crippen LogP contribution >= 0.6 is 0 Å². The van der Waals surface area contributed by atoms with Gasteiger partial charge in [-0.1, -0.05) is 18.1 Å². The Morgan fingerprint density at radius 2 is 2.25 bits per heavy atom. The molecule has 0 radical (unpaired) electrons. The predicted molar refractivity (Wildman–Crippen MR) is 69.6 cm³/mol. The normalized spacial score (nSPS) is 21.2. The van der Waals surface area contributed by atoms with Crippen molar-refractivity contribution < 1.29 is 18.8 Å². The van der Waals surface area contributed by atoms with E-state index in [2.05, 4.69) is 5.16 Å². The quantitative estimate of drug-likeness (QED) is 0.668. The van der Waals surface area contributed by atoms with E-state index in [1.54, 1.807) is 4.90 Å². The summed E-state index contributed by atoms with van der Waals surface area (Å²) in [7, 11) is 0. The molecule has 2 rings (SSSR count). The van der Waals surface area contributed by atoms with Crippen LogP contribution in [0.15, 0.2) is 23.4 Å². The molecule has 1 aliphatic heterocycles. The molecule has 108 valence electrons. The topological polar surface area (TPSA) is 52.9 Å². The number of amides is 1. The third kappa shape index (κ3) is 3.12. The van der Waals surface area contributed by atoms with Crippen molar-refractivity contribution >= 4 is 11.6 Å². The fourth-order valence-electron chi connectivity index (χ4n) is 2.34. The lowest BCUT2D eigenvalue weighted by Gasteiger charge is -2.31. The van der Waals surface area contributed by atoms with Gasteiger partial charge in [0.05, 0.1) is 12.1 Å². The Morgan fingerprint density at radius 1 is 1.50 bits per heavy atom. The summed E-state index contributed by atoms with van der Waals surface area (Å²) in [5, 5.41) is 12.0. The Bertz CT molecular complexity index is 546. The van der Waals surface area contributed by atoms with Gasteiger partial charge in [0.15, 0.2) is 0 Å². The van der Waals surface area contributed by atoms with Gasteiger partial charge in [0.1, 0.15) is 11.6 Å². The second-order valence-electron chi connectivity index (χ2n) is 4.99. The number of rotatable bonds is 2. The average Bonchev–Trinajstić information content (AvgIpc) is 2.41. The number of hydrogen-bond acceptors (Lipinski definition) is 3. The highest BCUT2D eigenvalue weighted by atomic mass is 19.1. The number of halogens is 2. The van der Waals surface area contributed by atoms with Crippen molar-refractivity contribution in [1.29, 1.82) is 0 Å². The van der Waals surface area contributed by atoms with Gasteiger partial charge in [0.25, 0.3) is 0 Å². The second-order valence-corrected chi connectivity index (χ2v) is 4.99. The Labute approximate surface area is 115 Å². The van der Waals surface area contributed by atoms with E-state index in [0.29, 0.717) is 25.2 Å². The molecule has 1 unspecified atom stereocenters. The van der Waals surface area contributed by atoms with Crippen molar-refractivity contribution in [1.82, 2.24) is 4.90 Å². The molecule has 0 aliphatic carbocycles. The largest absolute Gasteiger partial charge is 0.411 e. The number of carbonyl (C=O) groups is 1. The first-order chi connectivity index (χ1) is 9.51. The first-order valence-corrected chi connectivity index (χ1v) is 6.43. The number of hydrogen-bond donors (Lipinski definition) is 1. The maximum Gasteiger partial charge on any atom is 0.227 e. The summed E-state index contributed by atoms with van der Waals surface area (Å²) in [5.41, 5.74) is 0.854. The van der Waals surface area contributed by atoms with Crippen LogP contribution in [0.5, 0.6) is 0 Å². The molecule has 0 bridgehead atoms. The molecule has 1 amide bonds. The molecule has 20 heavy (non-hydrogen) atoms. The average molecular weight is 282 g/mol. The highest BCUT2D eigenvalue weighted by Gasteiger charge is 2.26. The minimum atomic E-state index is -0.707. The lowest BCUT2D eigenvalue weighted by molar-refractivity contribution is -0.131. The van der Waals surface area contributed by atoms with E-state index >= 15 is 0 Å². The van der Waals surface area contributed by atoms with E-state index < -0.39 is 11.6 Å². The summed E-state index contributed by atoms with van der Waals surface area (Å²) in [6.45, 7) is 2.76. The number of benzene rings is 1. The van der Waals surface area contributed by atoms with Crippen LogP contribution < -0.4 is 0 Å². The van der Waals surface area contributed by atoms with Crippen molar-refractivity contribution in [2.45, 2.75) is 19.8 Å². The summed E-state index contributed by atoms with van der Waals surface area (Å²) in [6, 6.07) is 3.20. The monoisotopic (exact) mass is 282 g/mol. The zero-order valence-electron chi connectivity index (χ0n) is 11.1. The van der Waals surface area contributed by atoms with E-state index in [-0.39, 0.29) is 23.8 Å². The zero-order chi connectivity index (χ0) is 14.7. The fourth-order valence-corrected chi connectivity index (χ4v) is 2.34. The van der Waals surface area contributed by atoms with Crippen molar-refractivity contribution in [2.24, 2.45) is 11.1 Å². The minimum Gasteiger partial charge on any atom is -0.411 e. The fraction of sp³-hybridized carbons (Fsp3) is 0.429. The molecule has 0 aromatic heterocycles. The van der Waals surface area contributed by atoms with E-state index in [4.69, 9.17) is 5.21 Å². The number of piperidine rings is 1. The van der Waals surface area contributed by atoms with Crippen LogP contribution in [-0.2, 0) is 11.2 Å². The van der Waals surface area contributed by atoms with E-state index in [1.807, 2.05) is 6.92 Å². The van der Waals surface area contributed by atoms with Crippen LogP contribution in [0.1, 0.15) is 18.9 Å². The number of carbonyl (C=O) groups excluding carboxylic acids is 1. The molecule has 1 aliphatic rings. The Kier molecular flexibility index (Phi) is 4.32. The maximum atomic E-state index is 13.5. The molecular formula is C14H16F2N2O2. The Hall–Kier alpha value is -1.98. The smallest absolute Gasteiger partial charge is 0.227 e. The van der Waals surface area contributed by atoms with Gasteiger partial charge >= 0.3 is 0 Å². The van der Waals surface area contributed by atoms with Gasteiger partial charge in [0.2, 0.25) is 5.91 Å². The van der Waals surface area contributed by atoms with Crippen molar-refractivity contribution in [3.05, 3.63) is 35.4 Å². The van der Waals surface area contributed by atoms with Gasteiger partial charge in [-0.25, -0.2) is 8.78 Å². The summed E-state index contributed by atoms with van der Waals surface area (Å²) in [6.07, 6.45) is 0.416. The van der Waals surface area contributed by atoms with Gasteiger partial charge in [-0.3, -0.25) is 4.79 Å². The standard InChI is InChI=1S/C14H16F2N2O2/c1-9-8-18(5-4-13(9)17-20)14(19)6-10-2-3-11(15)7-12(10)16/h2-3,7,9,20H,4-6,8H2,1H3/b17-13+. The Balaban J connectivity index is 2.02. The number of oxime groups is 1. The zero-order valence-corrected chi connectivity index (χ0v) is 11.1. The molecule has 1 fully saturated rings. The summed E-state index contributed by atoms with van der Waals surface area (Å²) in [5.74, 6) is -1.59. The van der Waals surface area contributed by atoms with E-state index in [1.165, 1.54) is 6.07 Å². The molecule has 1 aromatic rings. The van der Waals surface area contributed by atoms with Crippen LogP contribution in [0.2, 0.25) is 0 Å². The van der Waals surface area contributed by atoms with Crippen LogP contribution in [0.4, 0.5) is 8.78 Å². The highest BCUT2D eigenvalue weighted by Crippen LogP contribution is 2.16. The third-order valence-electron chi connectivity index (χ3n) is 3.54. The summed E-state index contributed by atoms with van der Waals surface area (Å²) in [4.78, 5) is 13.7. The Morgan fingerprint density at radius 3 is 2.85 bits per heavy atom. The molecule has 6 heteroatoms. The van der Waals surface area contributed by atoms with E-state index in [0.717, 1.165) is 12.1 Å². The molecule has 1 aromatic carbocycles. The predicted octanol–water partition coefficient (Wildman–Crippen LogP) is 2.21. The summed E-state index contributed by atoms with van der Waals surface area (Å²) >= 11 is 0. The van der Waals surface area contributed by atoms with Crippen molar-refractivity contribution in [3.63, 3.8) is 0 Å². The molecule has 1 atom stereocenters. The molecule has 4 nitrogen and oxygen atoms in total. The van der Waals surface area contributed by atoms with Crippen LogP contribution in [0, 0.1) is 17.6 Å². The first kappa shape index (κ1) is 14.4. The van der Waals surface area contributed by atoms with Gasteiger partial charge in [-0.15, -0.1) is 0 Å². The number of likely N-dealkylation sites (tertiary alicyclic amines) is 1. The van der Waals surface area contributed by atoms with Crippen molar-refractivity contribution in [2.75, 3.05) is 13.1 Å². The lowest BCUT2D eigenvalue weighted by atomic mass is 9.97. The van der Waals surface area contributed by atoms with Crippen LogP contribution in [0.3, 0.4) is 0 Å². The highest BCUT2D eigenvalue weighted by molar-refractivity contribution is 5.89. The maximum absolute atomic E-state index is 13.5. The molecule has 1 N–H and O–H groups in total. The SMILES string of the molecule is CC1CN(C(=O)Cc2ccc(F)cc2F)CC/C1=N\O. The van der Waals surface area contributed by atoms with Crippen molar-refractivity contribution in [3.8, 4) is 0 Å². The van der Waals surface area contributed by atoms with E-state index in [9.17, 15) is 13.6 Å². The van der Waals surface area contributed by atoms with Gasteiger partial charge in [-0.05, 0) is 11.6 Å². The van der Waals surface area contributed by atoms with Gasteiger partial charge in [-0.2, -0.15) is 0 Å². The molecule has 0 saturated carbocycles. The van der Waals surface area contributed by atoms with Gasteiger partial charge < -0.3 is 10.1 Å². The molecule has 1 saturated heterocycles. The minimum absolute atomic E-state index is 0.0178. The van der Waals surface area contributed by atoms with Crippen LogP contribution in [-0.4, -0.2) is 34.8 Å².